The van der Waals surface area contributed by atoms with E-state index < -0.39 is 23.5 Å². The molecule has 0 bridgehead atoms. The van der Waals surface area contributed by atoms with Crippen LogP contribution in [0.2, 0.25) is 0 Å². The van der Waals surface area contributed by atoms with Crippen LogP contribution in [0.25, 0.3) is 0 Å². The second-order valence-electron chi connectivity index (χ2n) is 6.42. The molecule has 1 unspecified atom stereocenters. The largest absolute Gasteiger partial charge is 0.503 e. The Morgan fingerprint density at radius 1 is 1.19 bits per heavy atom. The highest BCUT2D eigenvalue weighted by Crippen LogP contribution is 2.39. The van der Waals surface area contributed by atoms with Crippen molar-refractivity contribution >= 4 is 11.7 Å². The van der Waals surface area contributed by atoms with Crippen molar-refractivity contribution in [1.82, 2.24) is 4.90 Å². The van der Waals surface area contributed by atoms with Gasteiger partial charge in [-0.05, 0) is 36.1 Å². The highest BCUT2D eigenvalue weighted by molar-refractivity contribution is 6.14. The minimum absolute atomic E-state index is 0.0882. The fraction of sp³-hybridized carbons (Fsp3) is 0.333. The Balaban J connectivity index is 2.05. The summed E-state index contributed by atoms with van der Waals surface area (Å²) in [6, 6.07) is 10.4. The lowest BCUT2D eigenvalue weighted by molar-refractivity contribution is -0.129. The summed E-state index contributed by atoms with van der Waals surface area (Å²) in [6.45, 7) is 4.58. The molecular formula is C21H23NO4. The predicted molar refractivity (Wildman–Crippen MR) is 97.9 cm³/mol. The summed E-state index contributed by atoms with van der Waals surface area (Å²) in [5, 5.41) is 10.5. The summed E-state index contributed by atoms with van der Waals surface area (Å²) < 4.78 is 5.20. The van der Waals surface area contributed by atoms with Crippen molar-refractivity contribution in [2.45, 2.75) is 39.2 Å². The smallest absolute Gasteiger partial charge is 0.290 e. The van der Waals surface area contributed by atoms with Crippen molar-refractivity contribution in [1.29, 1.82) is 0 Å². The molecule has 0 spiro atoms. The molecule has 5 heteroatoms. The molecule has 2 heterocycles. The van der Waals surface area contributed by atoms with E-state index in [1.165, 1.54) is 11.8 Å². The van der Waals surface area contributed by atoms with Gasteiger partial charge in [0.25, 0.3) is 5.91 Å². The molecule has 136 valence electrons. The van der Waals surface area contributed by atoms with Crippen LogP contribution >= 0.6 is 0 Å². The van der Waals surface area contributed by atoms with E-state index in [1.54, 1.807) is 17.0 Å². The maximum Gasteiger partial charge on any atom is 0.290 e. The first-order chi connectivity index (χ1) is 12.6. The van der Waals surface area contributed by atoms with Crippen LogP contribution in [0.1, 0.15) is 54.4 Å². The predicted octanol–water partition coefficient (Wildman–Crippen LogP) is 4.22. The minimum Gasteiger partial charge on any atom is -0.503 e. The second-order valence-corrected chi connectivity index (χ2v) is 6.42. The number of hydrogen-bond acceptors (Lipinski definition) is 4. The van der Waals surface area contributed by atoms with Gasteiger partial charge in [0, 0.05) is 6.54 Å². The summed E-state index contributed by atoms with van der Waals surface area (Å²) >= 11 is 0. The molecule has 1 aromatic carbocycles. The number of ketones is 1. The zero-order valence-electron chi connectivity index (χ0n) is 15.1. The van der Waals surface area contributed by atoms with Crippen molar-refractivity contribution in [3.05, 3.63) is 70.9 Å². The number of unbranched alkanes of at least 4 members (excludes halogenated alkanes) is 1. The average Bonchev–Trinajstić information content (AvgIpc) is 3.28. The van der Waals surface area contributed by atoms with E-state index >= 15 is 0 Å². The van der Waals surface area contributed by atoms with Crippen molar-refractivity contribution < 1.29 is 19.1 Å². The van der Waals surface area contributed by atoms with E-state index in [2.05, 4.69) is 6.92 Å². The van der Waals surface area contributed by atoms with E-state index in [-0.39, 0.29) is 11.3 Å². The highest BCUT2D eigenvalue weighted by atomic mass is 16.3. The second kappa shape index (κ2) is 7.60. The monoisotopic (exact) mass is 353 g/mol. The molecule has 0 saturated heterocycles. The van der Waals surface area contributed by atoms with Gasteiger partial charge in [0.05, 0.1) is 17.9 Å². The van der Waals surface area contributed by atoms with Crippen LogP contribution in [0.15, 0.2) is 58.4 Å². The molecule has 1 aliphatic heterocycles. The van der Waals surface area contributed by atoms with Crippen molar-refractivity contribution in [2.24, 2.45) is 0 Å². The molecule has 0 radical (unpaired) electrons. The molecule has 1 amide bonds. The first-order valence-electron chi connectivity index (χ1n) is 8.99. The first-order valence-corrected chi connectivity index (χ1v) is 8.99. The number of rotatable bonds is 7. The number of benzene rings is 1. The molecule has 5 nitrogen and oxygen atoms in total. The topological polar surface area (TPSA) is 70.8 Å². The zero-order chi connectivity index (χ0) is 18.7. The standard InChI is InChI=1S/C21H23NO4/c1-3-5-12-22-18(15-10-8-14(4-2)9-11-15)17(20(24)21(22)25)19(23)16-7-6-13-26-16/h6-11,13,18,24H,3-5,12H2,1-2H3. The van der Waals surface area contributed by atoms with E-state index in [0.29, 0.717) is 6.54 Å². The average molecular weight is 353 g/mol. The van der Waals surface area contributed by atoms with Crippen molar-refractivity contribution in [3.63, 3.8) is 0 Å². The van der Waals surface area contributed by atoms with Crippen molar-refractivity contribution in [2.75, 3.05) is 6.54 Å². The number of hydrogen-bond donors (Lipinski definition) is 1. The van der Waals surface area contributed by atoms with Gasteiger partial charge in [0.15, 0.2) is 11.5 Å². The molecule has 0 fully saturated rings. The van der Waals surface area contributed by atoms with Crippen LogP contribution in [-0.4, -0.2) is 28.2 Å². The Labute approximate surface area is 152 Å². The number of furan rings is 1. The molecule has 1 N–H and O–H groups in total. The van der Waals surface area contributed by atoms with Crippen LogP contribution in [0.4, 0.5) is 0 Å². The minimum atomic E-state index is -0.599. The normalized spacial score (nSPS) is 17.2. The highest BCUT2D eigenvalue weighted by Gasteiger charge is 2.43. The number of aryl methyl sites for hydroxylation is 1. The molecule has 26 heavy (non-hydrogen) atoms. The summed E-state index contributed by atoms with van der Waals surface area (Å²) in [7, 11) is 0. The van der Waals surface area contributed by atoms with E-state index in [1.807, 2.05) is 31.2 Å². The Kier molecular flexibility index (Phi) is 5.26. The summed E-state index contributed by atoms with van der Waals surface area (Å²) in [4.78, 5) is 27.1. The number of Topliss-reactive ketones (excluding diaryl/α,β-unsaturated/α-hetero) is 1. The Morgan fingerprint density at radius 2 is 1.92 bits per heavy atom. The molecule has 1 aromatic heterocycles. The molecule has 0 saturated carbocycles. The number of carbonyl (C=O) groups is 2. The first kappa shape index (κ1) is 18.0. The third-order valence-corrected chi connectivity index (χ3v) is 4.75. The number of aliphatic hydroxyl groups excluding tert-OH is 1. The third-order valence-electron chi connectivity index (χ3n) is 4.75. The Morgan fingerprint density at radius 3 is 2.50 bits per heavy atom. The fourth-order valence-electron chi connectivity index (χ4n) is 3.27. The van der Waals surface area contributed by atoms with Gasteiger partial charge in [-0.3, -0.25) is 9.59 Å². The van der Waals surface area contributed by atoms with E-state index in [0.717, 1.165) is 24.8 Å². The van der Waals surface area contributed by atoms with Crippen LogP contribution in [0, 0.1) is 0 Å². The van der Waals surface area contributed by atoms with Crippen LogP contribution < -0.4 is 0 Å². The van der Waals surface area contributed by atoms with E-state index in [4.69, 9.17) is 4.42 Å². The molecular weight excluding hydrogens is 330 g/mol. The molecule has 1 atom stereocenters. The fourth-order valence-corrected chi connectivity index (χ4v) is 3.27. The molecule has 0 aliphatic carbocycles. The van der Waals surface area contributed by atoms with Gasteiger partial charge in [-0.15, -0.1) is 0 Å². The maximum atomic E-state index is 12.9. The van der Waals surface area contributed by atoms with Gasteiger partial charge in [0.2, 0.25) is 5.78 Å². The van der Waals surface area contributed by atoms with E-state index in [9.17, 15) is 14.7 Å². The van der Waals surface area contributed by atoms with Gasteiger partial charge in [-0.25, -0.2) is 0 Å². The van der Waals surface area contributed by atoms with Gasteiger partial charge in [-0.1, -0.05) is 44.5 Å². The summed E-state index contributed by atoms with van der Waals surface area (Å²) in [6.07, 6.45) is 4.02. The van der Waals surface area contributed by atoms with Crippen molar-refractivity contribution in [3.8, 4) is 0 Å². The van der Waals surface area contributed by atoms with Crippen LogP contribution in [0.3, 0.4) is 0 Å². The van der Waals surface area contributed by atoms with Crippen LogP contribution in [-0.2, 0) is 11.2 Å². The Hall–Kier alpha value is -2.82. The van der Waals surface area contributed by atoms with Gasteiger partial charge in [-0.2, -0.15) is 0 Å². The Bertz CT molecular complexity index is 818. The maximum absolute atomic E-state index is 12.9. The summed E-state index contributed by atoms with van der Waals surface area (Å²) in [5.41, 5.74) is 2.07. The molecule has 3 rings (SSSR count). The quantitative estimate of drug-likeness (QED) is 0.757. The lowest BCUT2D eigenvalue weighted by Crippen LogP contribution is -2.32. The van der Waals surface area contributed by atoms with Gasteiger partial charge in [0.1, 0.15) is 0 Å². The summed E-state index contributed by atoms with van der Waals surface area (Å²) in [5.74, 6) is -1.32. The van der Waals surface area contributed by atoms with Gasteiger partial charge < -0.3 is 14.4 Å². The molecule has 2 aromatic rings. The lowest BCUT2D eigenvalue weighted by atomic mass is 9.94. The number of aliphatic hydroxyl groups is 1. The number of nitrogens with zero attached hydrogens (tertiary/aromatic N) is 1. The number of amides is 1. The number of carbonyl (C=O) groups excluding carboxylic acids is 2. The SMILES string of the molecule is CCCCN1C(=O)C(O)=C(C(=O)c2ccco2)C1c1ccc(CC)cc1. The zero-order valence-corrected chi connectivity index (χ0v) is 15.1. The lowest BCUT2D eigenvalue weighted by Gasteiger charge is -2.26. The third kappa shape index (κ3) is 3.17. The van der Waals surface area contributed by atoms with Crippen LogP contribution in [0.5, 0.6) is 0 Å². The molecule has 1 aliphatic rings. The van der Waals surface area contributed by atoms with Gasteiger partial charge >= 0.3 is 0 Å².